The quantitative estimate of drug-likeness (QED) is 0.861. The van der Waals surface area contributed by atoms with Crippen molar-refractivity contribution in [3.05, 3.63) is 35.4 Å². The van der Waals surface area contributed by atoms with Gasteiger partial charge in [0.05, 0.1) is 0 Å². The molecule has 1 N–H and O–H groups in total. The van der Waals surface area contributed by atoms with Gasteiger partial charge in [-0.2, -0.15) is 0 Å². The first-order chi connectivity index (χ1) is 10.8. The summed E-state index contributed by atoms with van der Waals surface area (Å²) in [4.78, 5) is 14.5. The molecule has 1 fully saturated rings. The Balaban J connectivity index is 2.22. The van der Waals surface area contributed by atoms with E-state index in [2.05, 4.69) is 5.32 Å². The average molecular weight is 326 g/mol. The van der Waals surface area contributed by atoms with Gasteiger partial charge in [-0.3, -0.25) is 9.69 Å². The molecule has 1 aromatic carbocycles. The number of benzene rings is 1. The number of nitrogens with zero attached hydrogens (tertiary/aromatic N) is 1. The van der Waals surface area contributed by atoms with Gasteiger partial charge < -0.3 is 10.1 Å². The van der Waals surface area contributed by atoms with E-state index in [0.717, 1.165) is 19.2 Å². The van der Waals surface area contributed by atoms with Crippen molar-refractivity contribution in [2.24, 2.45) is 0 Å². The molecule has 0 bridgehead atoms. The van der Waals surface area contributed by atoms with Crippen LogP contribution in [-0.2, 0) is 16.0 Å². The molecule has 1 saturated heterocycles. The van der Waals surface area contributed by atoms with Gasteiger partial charge in [-0.1, -0.05) is 12.1 Å². The largest absolute Gasteiger partial charge is 0.459 e. The fourth-order valence-electron chi connectivity index (χ4n) is 2.64. The zero-order valence-corrected chi connectivity index (χ0v) is 13.9. The fraction of sp³-hybridized carbons (Fsp3) is 0.588. The number of nitrogens with one attached hydrogen (secondary N) is 1. The van der Waals surface area contributed by atoms with Crippen LogP contribution in [0.2, 0.25) is 0 Å². The van der Waals surface area contributed by atoms with Crippen molar-refractivity contribution in [1.29, 1.82) is 0 Å². The van der Waals surface area contributed by atoms with Crippen LogP contribution in [0.15, 0.2) is 18.2 Å². The molecule has 0 unspecified atom stereocenters. The molecule has 4 nitrogen and oxygen atoms in total. The number of carbonyl (C=O) groups is 1. The third kappa shape index (κ3) is 4.97. The number of hydrogen-bond acceptors (Lipinski definition) is 4. The van der Waals surface area contributed by atoms with Crippen LogP contribution in [0, 0.1) is 11.6 Å². The van der Waals surface area contributed by atoms with Crippen LogP contribution in [0.4, 0.5) is 8.78 Å². The van der Waals surface area contributed by atoms with Crippen LogP contribution >= 0.6 is 0 Å². The van der Waals surface area contributed by atoms with E-state index in [1.165, 1.54) is 12.1 Å². The van der Waals surface area contributed by atoms with E-state index >= 15 is 0 Å². The van der Waals surface area contributed by atoms with Crippen molar-refractivity contribution in [2.45, 2.75) is 38.8 Å². The Hall–Kier alpha value is -1.53. The predicted molar refractivity (Wildman–Crippen MR) is 84.1 cm³/mol. The summed E-state index contributed by atoms with van der Waals surface area (Å²) in [5.41, 5.74) is -0.427. The van der Waals surface area contributed by atoms with Gasteiger partial charge in [-0.25, -0.2) is 8.78 Å². The minimum absolute atomic E-state index is 0.0957. The average Bonchev–Trinajstić information content (AvgIpc) is 2.48. The number of carbonyl (C=O) groups excluding carboxylic acids is 1. The molecule has 1 heterocycles. The molecule has 1 aliphatic heterocycles. The number of esters is 1. The molecule has 23 heavy (non-hydrogen) atoms. The van der Waals surface area contributed by atoms with Crippen LogP contribution in [0.5, 0.6) is 0 Å². The molecular formula is C17H24F2N2O2. The van der Waals surface area contributed by atoms with E-state index in [1.54, 1.807) is 20.8 Å². The maximum absolute atomic E-state index is 14.0. The van der Waals surface area contributed by atoms with Crippen molar-refractivity contribution >= 4 is 5.97 Å². The van der Waals surface area contributed by atoms with Gasteiger partial charge in [-0.15, -0.1) is 0 Å². The van der Waals surface area contributed by atoms with Gasteiger partial charge in [0.15, 0.2) is 11.6 Å². The number of rotatable bonds is 4. The maximum Gasteiger partial charge on any atom is 0.324 e. The summed E-state index contributed by atoms with van der Waals surface area (Å²) < 4.78 is 32.9. The second-order valence-electron chi connectivity index (χ2n) is 6.75. The second-order valence-corrected chi connectivity index (χ2v) is 6.75. The Kier molecular flexibility index (Phi) is 5.70. The van der Waals surface area contributed by atoms with Crippen molar-refractivity contribution in [1.82, 2.24) is 10.2 Å². The van der Waals surface area contributed by atoms with Crippen molar-refractivity contribution < 1.29 is 18.3 Å². The third-order valence-corrected chi connectivity index (χ3v) is 3.72. The molecule has 1 aromatic rings. The summed E-state index contributed by atoms with van der Waals surface area (Å²) in [6.45, 7) is 8.23. The smallest absolute Gasteiger partial charge is 0.324 e. The molecule has 0 saturated carbocycles. The van der Waals surface area contributed by atoms with Crippen molar-refractivity contribution in [3.63, 3.8) is 0 Å². The number of hydrogen-bond donors (Lipinski definition) is 1. The summed E-state index contributed by atoms with van der Waals surface area (Å²) >= 11 is 0. The van der Waals surface area contributed by atoms with Gasteiger partial charge >= 0.3 is 5.97 Å². The minimum Gasteiger partial charge on any atom is -0.459 e. The monoisotopic (exact) mass is 326 g/mol. The first kappa shape index (κ1) is 17.8. The molecule has 0 radical (unpaired) electrons. The van der Waals surface area contributed by atoms with Crippen LogP contribution in [0.25, 0.3) is 0 Å². The van der Waals surface area contributed by atoms with E-state index in [4.69, 9.17) is 4.74 Å². The first-order valence-electron chi connectivity index (χ1n) is 7.88. The van der Waals surface area contributed by atoms with Gasteiger partial charge in [0, 0.05) is 32.6 Å². The van der Waals surface area contributed by atoms with Crippen LogP contribution in [0.1, 0.15) is 26.3 Å². The summed E-state index contributed by atoms with van der Waals surface area (Å²) in [6.07, 6.45) is 0.0957. The first-order valence-corrected chi connectivity index (χ1v) is 7.88. The molecule has 128 valence electrons. The standard InChI is InChI=1S/C17H24F2N2O2/c1-17(2,3)23-16(22)14(21-9-7-20-8-10-21)11-12-5-4-6-13(18)15(12)19/h4-6,14,20H,7-11H2,1-3H3/t14-/m0/s1. The Labute approximate surface area is 135 Å². The summed E-state index contributed by atoms with van der Waals surface area (Å²) in [5.74, 6) is -2.19. The molecule has 0 aliphatic carbocycles. The summed E-state index contributed by atoms with van der Waals surface area (Å²) in [7, 11) is 0. The number of piperazine rings is 1. The predicted octanol–water partition coefficient (Wildman–Crippen LogP) is 2.12. The Bertz CT molecular complexity index is 552. The minimum atomic E-state index is -0.897. The van der Waals surface area contributed by atoms with E-state index in [1.807, 2.05) is 4.90 Å². The van der Waals surface area contributed by atoms with E-state index < -0.39 is 29.2 Å². The van der Waals surface area contributed by atoms with E-state index in [-0.39, 0.29) is 12.0 Å². The topological polar surface area (TPSA) is 41.6 Å². The van der Waals surface area contributed by atoms with E-state index in [9.17, 15) is 13.6 Å². The van der Waals surface area contributed by atoms with Gasteiger partial charge in [0.1, 0.15) is 11.6 Å². The molecule has 1 atom stereocenters. The van der Waals surface area contributed by atoms with E-state index in [0.29, 0.717) is 13.1 Å². The molecule has 6 heteroatoms. The fourth-order valence-corrected chi connectivity index (χ4v) is 2.64. The molecular weight excluding hydrogens is 302 g/mol. The SMILES string of the molecule is CC(C)(C)OC(=O)[C@H](Cc1cccc(F)c1F)N1CCNCC1. The highest BCUT2D eigenvalue weighted by molar-refractivity contribution is 5.76. The van der Waals surface area contributed by atoms with Crippen LogP contribution in [-0.4, -0.2) is 48.7 Å². The van der Waals surface area contributed by atoms with Gasteiger partial charge in [-0.05, 0) is 32.4 Å². The highest BCUT2D eigenvalue weighted by Crippen LogP contribution is 2.19. The molecule has 1 aliphatic rings. The Morgan fingerprint density at radius 3 is 2.57 bits per heavy atom. The highest BCUT2D eigenvalue weighted by atomic mass is 19.2. The van der Waals surface area contributed by atoms with Gasteiger partial charge in [0.2, 0.25) is 0 Å². The molecule has 0 spiro atoms. The Morgan fingerprint density at radius 2 is 1.96 bits per heavy atom. The zero-order valence-electron chi connectivity index (χ0n) is 13.9. The lowest BCUT2D eigenvalue weighted by atomic mass is 10.0. The molecule has 0 amide bonds. The second kappa shape index (κ2) is 7.36. The van der Waals surface area contributed by atoms with Crippen LogP contribution < -0.4 is 5.32 Å². The Morgan fingerprint density at radius 1 is 1.30 bits per heavy atom. The van der Waals surface area contributed by atoms with Crippen molar-refractivity contribution in [2.75, 3.05) is 26.2 Å². The summed E-state index contributed by atoms with van der Waals surface area (Å²) in [5, 5.41) is 3.21. The number of halogens is 2. The van der Waals surface area contributed by atoms with Crippen molar-refractivity contribution in [3.8, 4) is 0 Å². The third-order valence-electron chi connectivity index (χ3n) is 3.72. The number of ether oxygens (including phenoxy) is 1. The normalized spacial score (nSPS) is 17.8. The maximum atomic E-state index is 14.0. The highest BCUT2D eigenvalue weighted by Gasteiger charge is 2.32. The lowest BCUT2D eigenvalue weighted by Gasteiger charge is -2.35. The lowest BCUT2D eigenvalue weighted by Crippen LogP contribution is -2.53. The lowest BCUT2D eigenvalue weighted by molar-refractivity contribution is -0.161. The van der Waals surface area contributed by atoms with Crippen LogP contribution in [0.3, 0.4) is 0 Å². The molecule has 2 rings (SSSR count). The van der Waals surface area contributed by atoms with Gasteiger partial charge in [0.25, 0.3) is 0 Å². The molecule has 0 aromatic heterocycles. The zero-order chi connectivity index (χ0) is 17.0. The summed E-state index contributed by atoms with van der Waals surface area (Å²) in [6, 6.07) is 3.43.